The number of nitrogens with two attached hydrogens (primary N) is 1. The second-order valence-electron chi connectivity index (χ2n) is 6.64. The number of aromatic nitrogens is 2. The standard InChI is InChI=1S/C16H19BrFN3/c1-16(2,3)15-20-13(14(19)21(15)10-5-6-10)11-8-9(18)4-7-12(11)17/h4,7-8,10H,5-6,19H2,1-3H3. The fourth-order valence-electron chi connectivity index (χ4n) is 2.55. The average molecular weight is 352 g/mol. The minimum atomic E-state index is -0.286. The van der Waals surface area contributed by atoms with E-state index >= 15 is 0 Å². The van der Waals surface area contributed by atoms with Gasteiger partial charge in [0, 0.05) is 21.5 Å². The summed E-state index contributed by atoms with van der Waals surface area (Å²) >= 11 is 3.47. The van der Waals surface area contributed by atoms with E-state index in [1.54, 1.807) is 6.07 Å². The second-order valence-corrected chi connectivity index (χ2v) is 7.50. The van der Waals surface area contributed by atoms with Crippen molar-refractivity contribution in [3.05, 3.63) is 34.3 Å². The Kier molecular flexibility index (Phi) is 3.35. The van der Waals surface area contributed by atoms with Gasteiger partial charge in [0.05, 0.1) is 0 Å². The minimum absolute atomic E-state index is 0.102. The van der Waals surface area contributed by atoms with Crippen molar-refractivity contribution in [3.8, 4) is 11.3 Å². The highest BCUT2D eigenvalue weighted by Gasteiger charge is 2.34. The first kappa shape index (κ1) is 14.6. The molecular formula is C16H19BrFN3. The fourth-order valence-corrected chi connectivity index (χ4v) is 2.99. The molecule has 2 N–H and O–H groups in total. The number of nitrogen functional groups attached to an aromatic ring is 1. The van der Waals surface area contributed by atoms with Crippen LogP contribution in [0, 0.1) is 5.82 Å². The number of hydrogen-bond donors (Lipinski definition) is 1. The molecule has 0 aliphatic heterocycles. The van der Waals surface area contributed by atoms with Crippen molar-refractivity contribution in [1.82, 2.24) is 9.55 Å². The monoisotopic (exact) mass is 351 g/mol. The van der Waals surface area contributed by atoms with Crippen LogP contribution >= 0.6 is 15.9 Å². The number of benzene rings is 1. The summed E-state index contributed by atoms with van der Waals surface area (Å²) in [6.07, 6.45) is 2.26. The summed E-state index contributed by atoms with van der Waals surface area (Å²) in [5.74, 6) is 1.31. The van der Waals surface area contributed by atoms with Gasteiger partial charge in [-0.2, -0.15) is 0 Å². The summed E-state index contributed by atoms with van der Waals surface area (Å²) in [5, 5.41) is 0. The maximum Gasteiger partial charge on any atom is 0.132 e. The number of anilines is 1. The molecule has 1 aliphatic rings. The first-order valence-corrected chi connectivity index (χ1v) is 7.92. The summed E-state index contributed by atoms with van der Waals surface area (Å²) in [6.45, 7) is 6.37. The van der Waals surface area contributed by atoms with Crippen LogP contribution in [0.5, 0.6) is 0 Å². The largest absolute Gasteiger partial charge is 0.383 e. The zero-order valence-electron chi connectivity index (χ0n) is 12.5. The van der Waals surface area contributed by atoms with Crippen LogP contribution in [0.2, 0.25) is 0 Å². The van der Waals surface area contributed by atoms with Crippen LogP contribution in [0.4, 0.5) is 10.2 Å². The highest BCUT2D eigenvalue weighted by atomic mass is 79.9. The summed E-state index contributed by atoms with van der Waals surface area (Å²) < 4.78 is 16.5. The molecule has 0 bridgehead atoms. The van der Waals surface area contributed by atoms with Crippen molar-refractivity contribution in [2.45, 2.75) is 45.1 Å². The number of halogens is 2. The van der Waals surface area contributed by atoms with Gasteiger partial charge in [-0.05, 0) is 31.0 Å². The Balaban J connectivity index is 2.22. The lowest BCUT2D eigenvalue weighted by atomic mass is 9.95. The van der Waals surface area contributed by atoms with Crippen LogP contribution in [-0.4, -0.2) is 9.55 Å². The Morgan fingerprint density at radius 3 is 2.57 bits per heavy atom. The second kappa shape index (κ2) is 4.83. The van der Waals surface area contributed by atoms with E-state index in [1.165, 1.54) is 12.1 Å². The lowest BCUT2D eigenvalue weighted by Crippen LogP contribution is -2.19. The van der Waals surface area contributed by atoms with Crippen molar-refractivity contribution in [2.24, 2.45) is 0 Å². The van der Waals surface area contributed by atoms with Crippen molar-refractivity contribution >= 4 is 21.7 Å². The summed E-state index contributed by atoms with van der Waals surface area (Å²) in [7, 11) is 0. The van der Waals surface area contributed by atoms with Gasteiger partial charge in [-0.15, -0.1) is 0 Å². The SMILES string of the molecule is CC(C)(C)c1nc(-c2cc(F)ccc2Br)c(N)n1C1CC1. The lowest BCUT2D eigenvalue weighted by Gasteiger charge is -2.20. The van der Waals surface area contributed by atoms with E-state index in [1.807, 2.05) is 0 Å². The van der Waals surface area contributed by atoms with Crippen molar-refractivity contribution in [3.63, 3.8) is 0 Å². The van der Waals surface area contributed by atoms with Crippen LogP contribution in [0.25, 0.3) is 11.3 Å². The molecule has 3 nitrogen and oxygen atoms in total. The first-order chi connectivity index (χ1) is 9.79. The molecule has 1 saturated carbocycles. The molecule has 1 aromatic heterocycles. The molecule has 2 aromatic rings. The third kappa shape index (κ3) is 2.59. The molecule has 0 atom stereocenters. The van der Waals surface area contributed by atoms with Crippen LogP contribution in [-0.2, 0) is 5.41 Å². The van der Waals surface area contributed by atoms with Gasteiger partial charge in [-0.1, -0.05) is 36.7 Å². The van der Waals surface area contributed by atoms with Crippen molar-refractivity contribution < 1.29 is 4.39 Å². The molecule has 0 radical (unpaired) electrons. The number of imidazole rings is 1. The fraction of sp³-hybridized carbons (Fsp3) is 0.438. The third-order valence-corrected chi connectivity index (χ3v) is 4.41. The topological polar surface area (TPSA) is 43.8 Å². The van der Waals surface area contributed by atoms with Gasteiger partial charge < -0.3 is 10.3 Å². The third-order valence-electron chi connectivity index (χ3n) is 3.71. The van der Waals surface area contributed by atoms with Gasteiger partial charge in [0.1, 0.15) is 23.2 Å². The summed E-state index contributed by atoms with van der Waals surface area (Å²) in [6, 6.07) is 5.03. The quantitative estimate of drug-likeness (QED) is 0.854. The van der Waals surface area contributed by atoms with E-state index in [9.17, 15) is 4.39 Å². The van der Waals surface area contributed by atoms with E-state index in [0.29, 0.717) is 23.1 Å². The van der Waals surface area contributed by atoms with Crippen LogP contribution in [0.15, 0.2) is 22.7 Å². The first-order valence-electron chi connectivity index (χ1n) is 7.12. The lowest BCUT2D eigenvalue weighted by molar-refractivity contribution is 0.504. The Morgan fingerprint density at radius 1 is 1.33 bits per heavy atom. The highest BCUT2D eigenvalue weighted by molar-refractivity contribution is 9.10. The van der Waals surface area contributed by atoms with E-state index < -0.39 is 0 Å². The molecule has 3 rings (SSSR count). The predicted octanol–water partition coefficient (Wildman–Crippen LogP) is 4.67. The maximum atomic E-state index is 13.6. The molecule has 0 amide bonds. The van der Waals surface area contributed by atoms with E-state index in [2.05, 4.69) is 41.3 Å². The molecule has 0 saturated heterocycles. The van der Waals surface area contributed by atoms with E-state index in [4.69, 9.17) is 10.7 Å². The minimum Gasteiger partial charge on any atom is -0.383 e. The van der Waals surface area contributed by atoms with Crippen LogP contribution < -0.4 is 5.73 Å². The zero-order valence-corrected chi connectivity index (χ0v) is 14.0. The molecule has 21 heavy (non-hydrogen) atoms. The number of rotatable bonds is 2. The molecule has 0 spiro atoms. The molecule has 1 fully saturated rings. The Labute approximate surface area is 132 Å². The predicted molar refractivity (Wildman–Crippen MR) is 86.7 cm³/mol. The Morgan fingerprint density at radius 2 is 2.00 bits per heavy atom. The summed E-state index contributed by atoms with van der Waals surface area (Å²) in [4.78, 5) is 4.76. The number of nitrogens with zero attached hydrogens (tertiary/aromatic N) is 2. The van der Waals surface area contributed by atoms with E-state index in [0.717, 1.165) is 23.1 Å². The molecule has 112 valence electrons. The normalized spacial score (nSPS) is 15.5. The molecule has 1 aliphatic carbocycles. The highest BCUT2D eigenvalue weighted by Crippen LogP contribution is 2.44. The zero-order chi connectivity index (χ0) is 15.4. The van der Waals surface area contributed by atoms with Crippen molar-refractivity contribution in [2.75, 3.05) is 5.73 Å². The van der Waals surface area contributed by atoms with Gasteiger partial charge in [-0.25, -0.2) is 9.37 Å². The van der Waals surface area contributed by atoms with Crippen LogP contribution in [0.3, 0.4) is 0 Å². The molecule has 1 heterocycles. The van der Waals surface area contributed by atoms with Gasteiger partial charge in [0.15, 0.2) is 0 Å². The molecular weight excluding hydrogens is 333 g/mol. The van der Waals surface area contributed by atoms with Gasteiger partial charge >= 0.3 is 0 Å². The molecule has 5 heteroatoms. The Bertz CT molecular complexity index is 696. The Hall–Kier alpha value is -1.36. The average Bonchev–Trinajstić information content (AvgIpc) is 3.15. The molecule has 1 aromatic carbocycles. The van der Waals surface area contributed by atoms with E-state index in [-0.39, 0.29) is 11.2 Å². The van der Waals surface area contributed by atoms with Crippen LogP contribution in [0.1, 0.15) is 45.5 Å². The molecule has 0 unspecified atom stereocenters. The number of hydrogen-bond acceptors (Lipinski definition) is 2. The van der Waals surface area contributed by atoms with Gasteiger partial charge in [0.2, 0.25) is 0 Å². The van der Waals surface area contributed by atoms with Gasteiger partial charge in [0.25, 0.3) is 0 Å². The van der Waals surface area contributed by atoms with Gasteiger partial charge in [-0.3, -0.25) is 0 Å². The van der Waals surface area contributed by atoms with Crippen molar-refractivity contribution in [1.29, 1.82) is 0 Å². The maximum absolute atomic E-state index is 13.6. The smallest absolute Gasteiger partial charge is 0.132 e. The summed E-state index contributed by atoms with van der Waals surface area (Å²) in [5.41, 5.74) is 7.62.